The molecular formula is C20H34N4O3S. The lowest BCUT2D eigenvalue weighted by Gasteiger charge is -2.35. The number of nitrogens with one attached hydrogen (secondary N) is 2. The maximum Gasteiger partial charge on any atom is 0.191 e. The van der Waals surface area contributed by atoms with Crippen LogP contribution in [-0.2, 0) is 9.84 Å². The van der Waals surface area contributed by atoms with Crippen LogP contribution in [0.2, 0.25) is 0 Å². The number of aliphatic imine (C=N–C) groups is 1. The van der Waals surface area contributed by atoms with Gasteiger partial charge in [-0.15, -0.1) is 0 Å². The topological polar surface area (TPSA) is 83.0 Å². The first-order valence-corrected chi connectivity index (χ1v) is 11.4. The van der Waals surface area contributed by atoms with Crippen LogP contribution >= 0.6 is 0 Å². The largest absolute Gasteiger partial charge is 0.497 e. The summed E-state index contributed by atoms with van der Waals surface area (Å²) in [5.41, 5.74) is 1.14. The van der Waals surface area contributed by atoms with Gasteiger partial charge in [-0.3, -0.25) is 4.99 Å². The molecule has 0 aliphatic carbocycles. The van der Waals surface area contributed by atoms with Crippen molar-refractivity contribution < 1.29 is 13.2 Å². The number of sulfone groups is 1. The molecule has 158 valence electrons. The van der Waals surface area contributed by atoms with Gasteiger partial charge in [0.05, 0.1) is 17.6 Å². The molecule has 0 aromatic heterocycles. The van der Waals surface area contributed by atoms with Crippen molar-refractivity contribution in [1.29, 1.82) is 0 Å². The number of anilines is 1. The first kappa shape index (κ1) is 22.3. The number of nitrogens with zero attached hydrogens (tertiary/aromatic N) is 2. The maximum absolute atomic E-state index is 12.2. The number of hydrogen-bond donors (Lipinski definition) is 2. The molecule has 2 rings (SSSR count). The van der Waals surface area contributed by atoms with Crippen LogP contribution < -0.4 is 20.3 Å². The van der Waals surface area contributed by atoms with Gasteiger partial charge in [0.1, 0.15) is 5.75 Å². The zero-order valence-corrected chi connectivity index (χ0v) is 18.5. The molecule has 1 atom stereocenters. The molecular weight excluding hydrogens is 376 g/mol. The van der Waals surface area contributed by atoms with Gasteiger partial charge in [0.25, 0.3) is 0 Å². The van der Waals surface area contributed by atoms with E-state index in [-0.39, 0.29) is 11.8 Å². The molecule has 1 unspecified atom stereocenters. The molecule has 1 saturated heterocycles. The molecule has 1 heterocycles. The molecule has 0 saturated carbocycles. The van der Waals surface area contributed by atoms with E-state index < -0.39 is 14.6 Å². The van der Waals surface area contributed by atoms with E-state index >= 15 is 0 Å². The monoisotopic (exact) mass is 410 g/mol. The smallest absolute Gasteiger partial charge is 0.191 e. The van der Waals surface area contributed by atoms with E-state index in [1.54, 1.807) is 34.9 Å². The lowest BCUT2D eigenvalue weighted by molar-refractivity contribution is 0.414. The highest BCUT2D eigenvalue weighted by Crippen LogP contribution is 2.24. The van der Waals surface area contributed by atoms with E-state index in [1.165, 1.54) is 0 Å². The summed E-state index contributed by atoms with van der Waals surface area (Å²) in [6.45, 7) is 7.38. The summed E-state index contributed by atoms with van der Waals surface area (Å²) in [5, 5.41) is 6.57. The van der Waals surface area contributed by atoms with E-state index in [1.807, 2.05) is 18.2 Å². The van der Waals surface area contributed by atoms with Gasteiger partial charge in [-0.05, 0) is 45.7 Å². The van der Waals surface area contributed by atoms with Crippen molar-refractivity contribution >= 4 is 21.5 Å². The normalized spacial score (nSPS) is 18.7. The van der Waals surface area contributed by atoms with Gasteiger partial charge < -0.3 is 20.3 Å². The summed E-state index contributed by atoms with van der Waals surface area (Å²) in [4.78, 5) is 6.58. The number of piperidine rings is 1. The Morgan fingerprint density at radius 3 is 2.75 bits per heavy atom. The Balaban J connectivity index is 1.90. The van der Waals surface area contributed by atoms with Gasteiger partial charge in [-0.25, -0.2) is 8.42 Å². The van der Waals surface area contributed by atoms with Crippen molar-refractivity contribution in [2.45, 2.75) is 44.4 Å². The molecule has 0 radical (unpaired) electrons. The number of guanidine groups is 1. The molecule has 0 bridgehead atoms. The minimum atomic E-state index is -3.15. The average molecular weight is 411 g/mol. The quantitative estimate of drug-likeness (QED) is 0.552. The molecule has 1 aliphatic rings. The zero-order chi connectivity index (χ0) is 20.8. The first-order valence-electron chi connectivity index (χ1n) is 9.75. The highest BCUT2D eigenvalue weighted by atomic mass is 32.2. The fraction of sp³-hybridized carbons (Fsp3) is 0.650. The SMILES string of the molecule is CN=C(NCCS(=O)(=O)C(C)(C)C)NC1CCCN(c2cccc(OC)c2)C1. The fourth-order valence-corrected chi connectivity index (χ4v) is 4.12. The van der Waals surface area contributed by atoms with Gasteiger partial charge in [-0.2, -0.15) is 0 Å². The van der Waals surface area contributed by atoms with Crippen molar-refractivity contribution in [3.8, 4) is 5.75 Å². The van der Waals surface area contributed by atoms with Crippen LogP contribution in [0.1, 0.15) is 33.6 Å². The van der Waals surface area contributed by atoms with Gasteiger partial charge in [-0.1, -0.05) is 6.07 Å². The second kappa shape index (κ2) is 9.49. The Hall–Kier alpha value is -1.96. The molecule has 1 aliphatic heterocycles. The van der Waals surface area contributed by atoms with Crippen LogP contribution in [-0.4, -0.2) is 64.7 Å². The molecule has 0 amide bonds. The molecule has 7 nitrogen and oxygen atoms in total. The highest BCUT2D eigenvalue weighted by molar-refractivity contribution is 7.92. The molecule has 1 aromatic carbocycles. The third-order valence-corrected chi connectivity index (χ3v) is 7.61. The van der Waals surface area contributed by atoms with Crippen LogP contribution in [0.4, 0.5) is 5.69 Å². The molecule has 8 heteroatoms. The Morgan fingerprint density at radius 1 is 1.36 bits per heavy atom. The molecule has 2 N–H and O–H groups in total. The molecule has 28 heavy (non-hydrogen) atoms. The number of rotatable bonds is 6. The summed E-state index contributed by atoms with van der Waals surface area (Å²) in [6, 6.07) is 8.33. The molecule has 0 spiro atoms. The standard InChI is InChI=1S/C20H34N4O3S/c1-20(2,3)28(25,26)13-11-22-19(21-4)23-16-8-7-12-24(15-16)17-9-6-10-18(14-17)27-5/h6,9-10,14,16H,7-8,11-13,15H2,1-5H3,(H2,21,22,23). The van der Waals surface area contributed by atoms with Crippen LogP contribution in [0.15, 0.2) is 29.3 Å². The third kappa shape index (κ3) is 6.02. The predicted molar refractivity (Wildman–Crippen MR) is 116 cm³/mol. The van der Waals surface area contributed by atoms with Gasteiger partial charge in [0.2, 0.25) is 0 Å². The van der Waals surface area contributed by atoms with Gasteiger partial charge >= 0.3 is 0 Å². The highest BCUT2D eigenvalue weighted by Gasteiger charge is 2.28. The van der Waals surface area contributed by atoms with E-state index in [9.17, 15) is 8.42 Å². The third-order valence-electron chi connectivity index (χ3n) is 5.00. The van der Waals surface area contributed by atoms with Crippen molar-refractivity contribution in [3.05, 3.63) is 24.3 Å². The number of hydrogen-bond acceptors (Lipinski definition) is 5. The van der Waals surface area contributed by atoms with Crippen molar-refractivity contribution in [2.24, 2.45) is 4.99 Å². The van der Waals surface area contributed by atoms with Crippen LogP contribution in [0.25, 0.3) is 0 Å². The summed E-state index contributed by atoms with van der Waals surface area (Å²) in [5.74, 6) is 1.57. The number of ether oxygens (including phenoxy) is 1. The second-order valence-corrected chi connectivity index (χ2v) is 10.9. The summed E-state index contributed by atoms with van der Waals surface area (Å²) in [6.07, 6.45) is 2.12. The van der Waals surface area contributed by atoms with Gasteiger partial charge in [0, 0.05) is 44.5 Å². The van der Waals surface area contributed by atoms with Crippen molar-refractivity contribution in [3.63, 3.8) is 0 Å². The first-order chi connectivity index (χ1) is 13.2. The fourth-order valence-electron chi connectivity index (χ4n) is 3.13. The Morgan fingerprint density at radius 2 is 2.11 bits per heavy atom. The van der Waals surface area contributed by atoms with Crippen molar-refractivity contribution in [2.75, 3.05) is 44.4 Å². The van der Waals surface area contributed by atoms with Crippen LogP contribution in [0.5, 0.6) is 5.75 Å². The van der Waals surface area contributed by atoms with Crippen molar-refractivity contribution in [1.82, 2.24) is 10.6 Å². The van der Waals surface area contributed by atoms with E-state index in [0.29, 0.717) is 12.5 Å². The second-order valence-electron chi connectivity index (χ2n) is 8.06. The summed E-state index contributed by atoms with van der Waals surface area (Å²) < 4.78 is 29.1. The minimum absolute atomic E-state index is 0.0812. The Labute approximate surface area is 169 Å². The predicted octanol–water partition coefficient (Wildman–Crippen LogP) is 2.04. The number of methoxy groups -OCH3 is 1. The van der Waals surface area contributed by atoms with Gasteiger partial charge in [0.15, 0.2) is 15.8 Å². The van der Waals surface area contributed by atoms with E-state index in [2.05, 4.69) is 26.6 Å². The van der Waals surface area contributed by atoms with Crippen LogP contribution in [0, 0.1) is 0 Å². The number of benzene rings is 1. The zero-order valence-electron chi connectivity index (χ0n) is 17.7. The molecule has 1 aromatic rings. The average Bonchev–Trinajstić information content (AvgIpc) is 2.66. The van der Waals surface area contributed by atoms with E-state index in [4.69, 9.17) is 4.74 Å². The summed E-state index contributed by atoms with van der Waals surface area (Å²) >= 11 is 0. The minimum Gasteiger partial charge on any atom is -0.497 e. The lowest BCUT2D eigenvalue weighted by atomic mass is 10.0. The maximum atomic E-state index is 12.2. The van der Waals surface area contributed by atoms with E-state index in [0.717, 1.165) is 37.4 Å². The Bertz CT molecular complexity index is 772. The van der Waals surface area contributed by atoms with Crippen LogP contribution in [0.3, 0.4) is 0 Å². The Kier molecular flexibility index (Phi) is 7.57. The lowest BCUT2D eigenvalue weighted by Crippen LogP contribution is -2.52. The summed E-state index contributed by atoms with van der Waals surface area (Å²) in [7, 11) is 0.229. The molecule has 1 fully saturated rings.